The van der Waals surface area contributed by atoms with Crippen LogP contribution >= 0.6 is 0 Å². The molecule has 1 aliphatic carbocycles. The number of carboxylic acids is 1. The molecule has 2 aromatic carbocycles. The quantitative estimate of drug-likeness (QED) is 0.582. The van der Waals surface area contributed by atoms with Crippen molar-refractivity contribution in [3.63, 3.8) is 0 Å². The Labute approximate surface area is 206 Å². The number of nitrogens with zero attached hydrogens (tertiary/aromatic N) is 1. The molecule has 3 unspecified atom stereocenters. The molecule has 2 N–H and O–H groups in total. The number of amides is 2. The molecule has 2 amide bonds. The number of benzene rings is 2. The Morgan fingerprint density at radius 1 is 1.11 bits per heavy atom. The molecule has 0 saturated carbocycles. The number of carboxylic acid groups (broad SMARTS) is 1. The van der Waals surface area contributed by atoms with Crippen molar-refractivity contribution in [1.82, 2.24) is 10.2 Å². The molecule has 2 aliphatic rings. The van der Waals surface area contributed by atoms with Crippen LogP contribution in [0.3, 0.4) is 0 Å². The van der Waals surface area contributed by atoms with E-state index in [-0.39, 0.29) is 37.4 Å². The zero-order chi connectivity index (χ0) is 25.2. The molecule has 7 nitrogen and oxygen atoms in total. The highest BCUT2D eigenvalue weighted by Gasteiger charge is 2.48. The summed E-state index contributed by atoms with van der Waals surface area (Å²) in [6.07, 6.45) is 0.838. The Bertz CT molecular complexity index is 1070. The molecule has 0 spiro atoms. The topological polar surface area (TPSA) is 95.9 Å². The van der Waals surface area contributed by atoms with Gasteiger partial charge in [0.15, 0.2) is 0 Å². The summed E-state index contributed by atoms with van der Waals surface area (Å²) in [5.41, 5.74) is 3.67. The normalized spacial score (nSPS) is 21.8. The number of aliphatic carboxylic acids is 1. The maximum atomic E-state index is 13.2. The zero-order valence-electron chi connectivity index (χ0n) is 20.6. The standard InChI is InChI=1S/C28H34N2O5/c1-4-9-19(25(31)30-15-18(2)28(3,17-30)26(32)33)14-29-27(34)35-16-24-22-12-7-5-10-20(22)21-11-6-8-13-23(21)24/h5-8,10-13,18-19,24H,4,9,14-17H2,1-3H3,(H,29,34)(H,32,33). The van der Waals surface area contributed by atoms with Crippen molar-refractivity contribution in [3.8, 4) is 11.1 Å². The van der Waals surface area contributed by atoms with Crippen LogP contribution in [0.5, 0.6) is 0 Å². The van der Waals surface area contributed by atoms with Gasteiger partial charge in [-0.1, -0.05) is 68.8 Å². The lowest BCUT2D eigenvalue weighted by atomic mass is 9.81. The second kappa shape index (κ2) is 10.1. The van der Waals surface area contributed by atoms with Gasteiger partial charge in [0.25, 0.3) is 0 Å². The van der Waals surface area contributed by atoms with E-state index in [4.69, 9.17) is 4.74 Å². The summed E-state index contributed by atoms with van der Waals surface area (Å²) in [5, 5.41) is 12.4. The van der Waals surface area contributed by atoms with Crippen molar-refractivity contribution < 1.29 is 24.2 Å². The minimum absolute atomic E-state index is 0.0268. The predicted molar refractivity (Wildman–Crippen MR) is 133 cm³/mol. The van der Waals surface area contributed by atoms with Gasteiger partial charge in [-0.3, -0.25) is 9.59 Å². The average molecular weight is 479 g/mol. The molecule has 186 valence electrons. The molecular formula is C28H34N2O5. The van der Waals surface area contributed by atoms with E-state index in [0.717, 1.165) is 17.5 Å². The molecule has 2 aromatic rings. The van der Waals surface area contributed by atoms with Crippen LogP contribution in [0.1, 0.15) is 50.7 Å². The Morgan fingerprint density at radius 3 is 2.26 bits per heavy atom. The minimum atomic E-state index is -0.952. The van der Waals surface area contributed by atoms with Crippen LogP contribution in [0.25, 0.3) is 11.1 Å². The van der Waals surface area contributed by atoms with Gasteiger partial charge in [-0.05, 0) is 41.5 Å². The highest BCUT2D eigenvalue weighted by Crippen LogP contribution is 2.44. The van der Waals surface area contributed by atoms with Gasteiger partial charge in [0.1, 0.15) is 6.61 Å². The monoisotopic (exact) mass is 478 g/mol. The van der Waals surface area contributed by atoms with Crippen molar-refractivity contribution >= 4 is 18.0 Å². The van der Waals surface area contributed by atoms with Crippen LogP contribution in [0.2, 0.25) is 0 Å². The minimum Gasteiger partial charge on any atom is -0.481 e. The Hall–Kier alpha value is -3.35. The number of rotatable bonds is 8. The van der Waals surface area contributed by atoms with Gasteiger partial charge in [0, 0.05) is 25.6 Å². The van der Waals surface area contributed by atoms with Crippen LogP contribution in [-0.4, -0.2) is 54.2 Å². The van der Waals surface area contributed by atoms with Crippen LogP contribution in [0, 0.1) is 17.3 Å². The second-order valence-electron chi connectivity index (χ2n) is 10.0. The molecule has 0 bridgehead atoms. The first-order chi connectivity index (χ1) is 16.8. The first-order valence-electron chi connectivity index (χ1n) is 12.4. The molecule has 0 aromatic heterocycles. The highest BCUT2D eigenvalue weighted by molar-refractivity contribution is 5.83. The lowest BCUT2D eigenvalue weighted by Gasteiger charge is -2.25. The Kier molecular flexibility index (Phi) is 7.15. The van der Waals surface area contributed by atoms with E-state index in [1.807, 2.05) is 38.1 Å². The number of alkyl carbamates (subject to hydrolysis) is 1. The van der Waals surface area contributed by atoms with E-state index in [2.05, 4.69) is 29.6 Å². The fourth-order valence-electron chi connectivity index (χ4n) is 5.37. The fourth-order valence-corrected chi connectivity index (χ4v) is 5.37. The molecule has 4 rings (SSSR count). The van der Waals surface area contributed by atoms with Crippen molar-refractivity contribution in [2.45, 2.75) is 39.5 Å². The van der Waals surface area contributed by atoms with E-state index < -0.39 is 23.4 Å². The van der Waals surface area contributed by atoms with Gasteiger partial charge < -0.3 is 20.1 Å². The molecule has 1 fully saturated rings. The SMILES string of the molecule is CCCC(CNC(=O)OCC1c2ccccc2-c2ccccc21)C(=O)N1CC(C)C(C)(C(=O)O)C1. The summed E-state index contributed by atoms with van der Waals surface area (Å²) in [7, 11) is 0. The van der Waals surface area contributed by atoms with Crippen molar-refractivity contribution in [2.75, 3.05) is 26.2 Å². The molecule has 1 saturated heterocycles. The van der Waals surface area contributed by atoms with Crippen LogP contribution < -0.4 is 5.32 Å². The lowest BCUT2D eigenvalue weighted by Crippen LogP contribution is -2.42. The molecule has 3 atom stereocenters. The van der Waals surface area contributed by atoms with Gasteiger partial charge in [0.2, 0.25) is 5.91 Å². The van der Waals surface area contributed by atoms with E-state index in [0.29, 0.717) is 13.0 Å². The van der Waals surface area contributed by atoms with Gasteiger partial charge in [0.05, 0.1) is 11.3 Å². The molecule has 0 radical (unpaired) electrons. The summed E-state index contributed by atoms with van der Waals surface area (Å²) in [5.74, 6) is -1.57. The fraction of sp³-hybridized carbons (Fsp3) is 0.464. The smallest absolute Gasteiger partial charge is 0.407 e. The van der Waals surface area contributed by atoms with Crippen LogP contribution in [-0.2, 0) is 14.3 Å². The van der Waals surface area contributed by atoms with Gasteiger partial charge in [-0.15, -0.1) is 0 Å². The third kappa shape index (κ3) is 4.77. The highest BCUT2D eigenvalue weighted by atomic mass is 16.5. The van der Waals surface area contributed by atoms with Crippen LogP contribution in [0.15, 0.2) is 48.5 Å². The third-order valence-corrected chi connectivity index (χ3v) is 7.72. The van der Waals surface area contributed by atoms with E-state index in [1.54, 1.807) is 11.8 Å². The maximum absolute atomic E-state index is 13.2. The van der Waals surface area contributed by atoms with Gasteiger partial charge >= 0.3 is 12.1 Å². The summed E-state index contributed by atoms with van der Waals surface area (Å²) in [6, 6.07) is 16.3. The summed E-state index contributed by atoms with van der Waals surface area (Å²) < 4.78 is 5.60. The number of carbonyl (C=O) groups excluding carboxylic acids is 2. The number of nitrogens with one attached hydrogen (secondary N) is 1. The molecule has 1 aliphatic heterocycles. The third-order valence-electron chi connectivity index (χ3n) is 7.72. The summed E-state index contributed by atoms with van der Waals surface area (Å²) in [6.45, 7) is 6.52. The number of hydrogen-bond acceptors (Lipinski definition) is 4. The van der Waals surface area contributed by atoms with E-state index in [1.165, 1.54) is 11.1 Å². The van der Waals surface area contributed by atoms with Gasteiger partial charge in [-0.2, -0.15) is 0 Å². The largest absolute Gasteiger partial charge is 0.481 e. The van der Waals surface area contributed by atoms with Crippen LogP contribution in [0.4, 0.5) is 4.79 Å². The Morgan fingerprint density at radius 2 is 1.71 bits per heavy atom. The number of ether oxygens (including phenoxy) is 1. The molecule has 7 heteroatoms. The van der Waals surface area contributed by atoms with Crippen molar-refractivity contribution in [1.29, 1.82) is 0 Å². The second-order valence-corrected chi connectivity index (χ2v) is 10.0. The maximum Gasteiger partial charge on any atom is 0.407 e. The van der Waals surface area contributed by atoms with Crippen molar-refractivity contribution in [3.05, 3.63) is 59.7 Å². The first-order valence-corrected chi connectivity index (χ1v) is 12.4. The van der Waals surface area contributed by atoms with Crippen molar-refractivity contribution in [2.24, 2.45) is 17.3 Å². The summed E-state index contributed by atoms with van der Waals surface area (Å²) in [4.78, 5) is 39.1. The average Bonchev–Trinajstić information content (AvgIpc) is 3.34. The lowest BCUT2D eigenvalue weighted by molar-refractivity contribution is -0.149. The number of hydrogen-bond donors (Lipinski definition) is 2. The van der Waals surface area contributed by atoms with E-state index in [9.17, 15) is 19.5 Å². The molecule has 1 heterocycles. The number of carbonyl (C=O) groups is 3. The first kappa shape index (κ1) is 24.8. The molecular weight excluding hydrogens is 444 g/mol. The Balaban J connectivity index is 1.35. The number of fused-ring (bicyclic) bond motifs is 3. The summed E-state index contributed by atoms with van der Waals surface area (Å²) >= 11 is 0. The van der Waals surface area contributed by atoms with E-state index >= 15 is 0 Å². The predicted octanol–water partition coefficient (Wildman–Crippen LogP) is 4.51. The number of likely N-dealkylation sites (tertiary alicyclic amines) is 1. The molecule has 35 heavy (non-hydrogen) atoms. The zero-order valence-corrected chi connectivity index (χ0v) is 20.6. The van der Waals surface area contributed by atoms with Gasteiger partial charge in [-0.25, -0.2) is 4.79 Å².